The minimum atomic E-state index is -3.61. The minimum absolute atomic E-state index is 0.0102. The number of rotatable bonds is 9. The number of nitro groups is 1. The van der Waals surface area contributed by atoms with Crippen LogP contribution in [0.25, 0.3) is 0 Å². The molecule has 0 radical (unpaired) electrons. The number of carbonyl (C=O) groups is 1. The average Bonchev–Trinajstić information content (AvgIpc) is 3.42. The Bertz CT molecular complexity index is 1230. The number of nitrogens with zero attached hydrogens (tertiary/aromatic N) is 3. The first-order chi connectivity index (χ1) is 17.1. The van der Waals surface area contributed by atoms with E-state index in [2.05, 4.69) is 38.8 Å². The molecule has 1 saturated heterocycles. The molecule has 2 aromatic rings. The number of benzene rings is 1. The zero-order chi connectivity index (χ0) is 27.6. The number of thiazole rings is 1. The van der Waals surface area contributed by atoms with Crippen molar-refractivity contribution in [2.24, 2.45) is 0 Å². The van der Waals surface area contributed by atoms with Crippen LogP contribution in [0.4, 0.5) is 10.5 Å². The van der Waals surface area contributed by atoms with Crippen molar-refractivity contribution in [2.75, 3.05) is 12.8 Å². The van der Waals surface area contributed by atoms with Gasteiger partial charge in [-0.2, -0.15) is 8.42 Å². The molecule has 0 aliphatic carbocycles. The molecule has 3 rings (SSSR count). The smallest absolute Gasteiger partial charge is 0.410 e. The molecule has 2 atom stereocenters. The van der Waals surface area contributed by atoms with Crippen LogP contribution in [-0.2, 0) is 36.7 Å². The van der Waals surface area contributed by atoms with E-state index in [9.17, 15) is 23.3 Å². The van der Waals surface area contributed by atoms with Gasteiger partial charge in [-0.05, 0) is 35.8 Å². The second kappa shape index (κ2) is 11.2. The van der Waals surface area contributed by atoms with Crippen molar-refractivity contribution in [3.8, 4) is 0 Å². The molecule has 0 saturated carbocycles. The quantitative estimate of drug-likeness (QED) is 0.176. The molecule has 11 nitrogen and oxygen atoms in total. The number of aromatic nitrogens is 1. The molecule has 1 amide bonds. The normalized spacial score (nSPS) is 18.7. The first-order valence-electron chi connectivity index (χ1n) is 11.7. The van der Waals surface area contributed by atoms with Crippen molar-refractivity contribution in [1.29, 1.82) is 0 Å². The van der Waals surface area contributed by atoms with Gasteiger partial charge < -0.3 is 9.16 Å². The van der Waals surface area contributed by atoms with E-state index in [1.807, 2.05) is 0 Å². The summed E-state index contributed by atoms with van der Waals surface area (Å²) in [4.78, 5) is 29.7. The Hall–Kier alpha value is -2.39. The van der Waals surface area contributed by atoms with Crippen molar-refractivity contribution >= 4 is 41.6 Å². The Morgan fingerprint density at radius 1 is 1.24 bits per heavy atom. The molecule has 0 spiro atoms. The fourth-order valence-corrected chi connectivity index (χ4v) is 6.18. The summed E-state index contributed by atoms with van der Waals surface area (Å²) in [5.74, 6) is 0. The molecule has 1 aromatic heterocycles. The Kier molecular flexibility index (Phi) is 8.79. The third kappa shape index (κ3) is 7.80. The van der Waals surface area contributed by atoms with Crippen molar-refractivity contribution in [2.45, 2.75) is 70.7 Å². The monoisotopic (exact) mass is 571 g/mol. The third-order valence-corrected chi connectivity index (χ3v) is 12.6. The van der Waals surface area contributed by atoms with E-state index < -0.39 is 35.5 Å². The van der Waals surface area contributed by atoms with Gasteiger partial charge in [0, 0.05) is 30.5 Å². The largest absolute Gasteiger partial charge is 0.445 e. The van der Waals surface area contributed by atoms with Crippen molar-refractivity contribution < 1.29 is 31.5 Å². The maximum atomic E-state index is 13.2. The molecule has 0 unspecified atom stereocenters. The number of hydrogen-bond acceptors (Lipinski definition) is 10. The van der Waals surface area contributed by atoms with Crippen molar-refractivity contribution in [3.05, 3.63) is 56.0 Å². The van der Waals surface area contributed by atoms with Crippen LogP contribution < -0.4 is 0 Å². The van der Waals surface area contributed by atoms with Gasteiger partial charge in [0.05, 0.1) is 29.0 Å². The molecular formula is C23H33N3O8S2Si. The Morgan fingerprint density at radius 2 is 1.89 bits per heavy atom. The number of likely N-dealkylation sites (tertiary alicyclic amines) is 1. The SMILES string of the molecule is CC(C)(C)[Si](C)(C)O[C@@H]1C[C@@H](c2nc(COS(C)(=O)=O)cs2)N(C(=O)OCc2ccc([N+](=O)[O-])cc2)C1. The number of amides is 1. The highest BCUT2D eigenvalue weighted by Gasteiger charge is 2.45. The third-order valence-electron chi connectivity index (χ3n) is 6.55. The van der Waals surface area contributed by atoms with Gasteiger partial charge >= 0.3 is 6.09 Å². The van der Waals surface area contributed by atoms with Gasteiger partial charge in [0.1, 0.15) is 18.2 Å². The number of non-ortho nitro benzene ring substituents is 1. The zero-order valence-corrected chi connectivity index (χ0v) is 24.4. The summed E-state index contributed by atoms with van der Waals surface area (Å²) in [7, 11) is -5.73. The highest BCUT2D eigenvalue weighted by Crippen LogP contribution is 2.42. The minimum Gasteiger partial charge on any atom is -0.445 e. The first-order valence-corrected chi connectivity index (χ1v) is 17.3. The lowest BCUT2D eigenvalue weighted by molar-refractivity contribution is -0.384. The van der Waals surface area contributed by atoms with Crippen molar-refractivity contribution in [3.63, 3.8) is 0 Å². The van der Waals surface area contributed by atoms with Gasteiger partial charge in [0.25, 0.3) is 15.8 Å². The van der Waals surface area contributed by atoms with Gasteiger partial charge in [-0.15, -0.1) is 11.3 Å². The Morgan fingerprint density at radius 3 is 2.46 bits per heavy atom. The Balaban J connectivity index is 1.76. The maximum Gasteiger partial charge on any atom is 0.410 e. The number of carbonyl (C=O) groups excluding carboxylic acids is 1. The van der Waals surface area contributed by atoms with Gasteiger partial charge in [0.2, 0.25) is 0 Å². The van der Waals surface area contributed by atoms with Crippen LogP contribution in [0.15, 0.2) is 29.6 Å². The fraction of sp³-hybridized carbons (Fsp3) is 0.565. The molecule has 204 valence electrons. The first kappa shape index (κ1) is 29.2. The number of nitro benzene ring substituents is 1. The molecule has 14 heteroatoms. The van der Waals surface area contributed by atoms with Gasteiger partial charge in [0.15, 0.2) is 8.32 Å². The lowest BCUT2D eigenvalue weighted by Gasteiger charge is -2.38. The topological polar surface area (TPSA) is 138 Å². The molecule has 0 bridgehead atoms. The lowest BCUT2D eigenvalue weighted by atomic mass is 10.2. The second-order valence-electron chi connectivity index (χ2n) is 10.5. The Labute approximate surface area is 222 Å². The maximum absolute atomic E-state index is 13.2. The van der Waals surface area contributed by atoms with E-state index in [0.717, 1.165) is 6.26 Å². The molecular weight excluding hydrogens is 538 g/mol. The van der Waals surface area contributed by atoms with Crippen LogP contribution in [0.1, 0.15) is 49.5 Å². The second-order valence-corrected chi connectivity index (χ2v) is 17.8. The van der Waals surface area contributed by atoms with Crippen LogP contribution in [0.2, 0.25) is 18.1 Å². The summed E-state index contributed by atoms with van der Waals surface area (Å²) in [6.45, 7) is 10.9. The van der Waals surface area contributed by atoms with E-state index in [1.54, 1.807) is 22.4 Å². The van der Waals surface area contributed by atoms with Gasteiger partial charge in [-0.1, -0.05) is 20.8 Å². The summed E-state index contributed by atoms with van der Waals surface area (Å²) >= 11 is 1.32. The zero-order valence-electron chi connectivity index (χ0n) is 21.8. The predicted octanol–water partition coefficient (Wildman–Crippen LogP) is 5.00. The van der Waals surface area contributed by atoms with Crippen LogP contribution in [0.3, 0.4) is 0 Å². The van der Waals surface area contributed by atoms with Crippen LogP contribution in [0.5, 0.6) is 0 Å². The predicted molar refractivity (Wildman–Crippen MR) is 141 cm³/mol. The standard InChI is InChI=1S/C23H33N3O8S2Si/c1-23(2,3)37(5,6)34-19-11-20(21-24-17(15-35-21)14-33-36(4,30)31)25(12-19)22(27)32-13-16-7-9-18(10-8-16)26(28)29/h7-10,15,19-20H,11-14H2,1-6H3/t19-,20+/m1/s1. The molecule has 1 aliphatic heterocycles. The number of ether oxygens (including phenoxy) is 1. The summed E-state index contributed by atoms with van der Waals surface area (Å²) in [5.41, 5.74) is 1.04. The molecule has 1 aliphatic rings. The molecule has 1 aromatic carbocycles. The van der Waals surface area contributed by atoms with E-state index in [-0.39, 0.29) is 30.0 Å². The summed E-state index contributed by atoms with van der Waals surface area (Å²) in [6, 6.07) is 5.41. The molecule has 2 heterocycles. The fourth-order valence-electron chi connectivity index (χ4n) is 3.56. The average molecular weight is 572 g/mol. The van der Waals surface area contributed by atoms with Gasteiger partial charge in [-0.25, -0.2) is 9.78 Å². The number of hydrogen-bond donors (Lipinski definition) is 0. The summed E-state index contributed by atoms with van der Waals surface area (Å²) in [6.07, 6.45) is 0.744. The summed E-state index contributed by atoms with van der Waals surface area (Å²) < 4.78 is 39.7. The van der Waals surface area contributed by atoms with E-state index >= 15 is 0 Å². The van der Waals surface area contributed by atoms with E-state index in [4.69, 9.17) is 13.3 Å². The van der Waals surface area contributed by atoms with Crippen molar-refractivity contribution in [1.82, 2.24) is 9.88 Å². The van der Waals surface area contributed by atoms with Crippen LogP contribution in [-0.4, -0.2) is 56.5 Å². The molecule has 37 heavy (non-hydrogen) atoms. The molecule has 1 fully saturated rings. The lowest BCUT2D eigenvalue weighted by Crippen LogP contribution is -2.44. The summed E-state index contributed by atoms with van der Waals surface area (Å²) in [5, 5.41) is 13.2. The van der Waals surface area contributed by atoms with Gasteiger partial charge in [-0.3, -0.25) is 19.2 Å². The van der Waals surface area contributed by atoms with Crippen LogP contribution in [0, 0.1) is 10.1 Å². The van der Waals surface area contributed by atoms with Crippen LogP contribution >= 0.6 is 11.3 Å². The van der Waals surface area contributed by atoms with E-state index in [1.165, 1.54) is 23.5 Å². The molecule has 0 N–H and O–H groups in total. The highest BCUT2D eigenvalue weighted by atomic mass is 32.2. The highest BCUT2D eigenvalue weighted by molar-refractivity contribution is 7.85. The van der Waals surface area contributed by atoms with E-state index in [0.29, 0.717) is 29.2 Å².